The van der Waals surface area contributed by atoms with Gasteiger partial charge in [-0.15, -0.1) is 0 Å². The van der Waals surface area contributed by atoms with E-state index in [-0.39, 0.29) is 5.95 Å². The quantitative estimate of drug-likeness (QED) is 0.439. The Hall–Kier alpha value is -2.06. The lowest BCUT2D eigenvalue weighted by molar-refractivity contribution is -0.0781. The van der Waals surface area contributed by atoms with Gasteiger partial charge in [0.1, 0.15) is 25.2 Å². The molecule has 0 aromatic carbocycles. The summed E-state index contributed by atoms with van der Waals surface area (Å²) in [6.07, 6.45) is -3.95. The van der Waals surface area contributed by atoms with Crippen molar-refractivity contribution in [2.75, 3.05) is 12.4 Å². The zero-order valence-corrected chi connectivity index (χ0v) is 11.7. The number of aromatic nitrogens is 3. The van der Waals surface area contributed by atoms with Crippen molar-refractivity contribution < 1.29 is 19.3 Å². The van der Waals surface area contributed by atoms with E-state index in [1.54, 1.807) is 0 Å². The van der Waals surface area contributed by atoms with Gasteiger partial charge in [-0.25, -0.2) is 14.2 Å². The first kappa shape index (κ1) is 16.3. The van der Waals surface area contributed by atoms with Crippen molar-refractivity contribution in [3.63, 3.8) is 0 Å². The van der Waals surface area contributed by atoms with Crippen LogP contribution in [-0.2, 0) is 4.74 Å². The van der Waals surface area contributed by atoms with Crippen molar-refractivity contribution >= 4 is 5.95 Å². The summed E-state index contributed by atoms with van der Waals surface area (Å²) in [5.74, 6) is 4.21. The number of ether oxygens (including phenoxy) is 1. The molecule has 9 nitrogen and oxygen atoms in total. The van der Waals surface area contributed by atoms with Gasteiger partial charge in [-0.1, -0.05) is 11.8 Å². The molecule has 1 aromatic heterocycles. The van der Waals surface area contributed by atoms with E-state index in [0.717, 1.165) is 10.9 Å². The molecule has 120 valence electrons. The van der Waals surface area contributed by atoms with Crippen molar-refractivity contribution in [2.45, 2.75) is 37.0 Å². The fourth-order valence-corrected chi connectivity index (χ4v) is 2.27. The minimum absolute atomic E-state index is 0.246. The normalized spacial score (nSPS) is 32.3. The van der Waals surface area contributed by atoms with Crippen LogP contribution < -0.4 is 17.2 Å². The van der Waals surface area contributed by atoms with E-state index in [4.69, 9.17) is 16.2 Å². The average molecular weight is 313 g/mol. The number of hydrogen-bond acceptors (Lipinski definition) is 8. The molecule has 1 fully saturated rings. The standard InChI is InChI=1S/C12H16FN5O4/c1-6(19)7-8(20)12(15,3-2-4-13)9(22-7)18-5-16-10(14)17-11(18)21/h5-9,19-20H,4,15H2,1H3,(H2,14,17,21)/t6-,7+,8-,9+,12?/m0/s1. The summed E-state index contributed by atoms with van der Waals surface area (Å²) in [6.45, 7) is 0.381. The van der Waals surface area contributed by atoms with Crippen LogP contribution in [0.3, 0.4) is 0 Å². The van der Waals surface area contributed by atoms with Crippen LogP contribution >= 0.6 is 0 Å². The third-order valence-electron chi connectivity index (χ3n) is 3.34. The first-order chi connectivity index (χ1) is 10.3. The zero-order chi connectivity index (χ0) is 16.5. The van der Waals surface area contributed by atoms with E-state index in [9.17, 15) is 19.4 Å². The molecule has 1 aliphatic rings. The van der Waals surface area contributed by atoms with Crippen molar-refractivity contribution in [1.29, 1.82) is 0 Å². The number of nitrogens with zero attached hydrogens (tertiary/aromatic N) is 3. The summed E-state index contributed by atoms with van der Waals surface area (Å²) >= 11 is 0. The Labute approximate surface area is 124 Å². The number of nitrogen functional groups attached to an aromatic ring is 1. The molecule has 0 saturated carbocycles. The Kier molecular flexibility index (Phi) is 4.43. The van der Waals surface area contributed by atoms with E-state index >= 15 is 0 Å². The number of aliphatic hydroxyl groups excluding tert-OH is 2. The van der Waals surface area contributed by atoms with Crippen LogP contribution in [0.4, 0.5) is 10.3 Å². The SMILES string of the molecule is C[C@H](O)[C@H]1O[C@@H](n2cnc(N)nc2=O)C(N)(C#CCF)[C@H]1O. The molecular formula is C12H16FN5O4. The van der Waals surface area contributed by atoms with Crippen LogP contribution in [0, 0.1) is 11.8 Å². The van der Waals surface area contributed by atoms with Gasteiger partial charge in [-0.3, -0.25) is 4.57 Å². The molecule has 0 bridgehead atoms. The monoisotopic (exact) mass is 313 g/mol. The summed E-state index contributed by atoms with van der Waals surface area (Å²) in [6, 6.07) is 0. The van der Waals surface area contributed by atoms with Crippen LogP contribution in [-0.4, -0.2) is 55.3 Å². The number of nitrogens with two attached hydrogens (primary N) is 2. The summed E-state index contributed by atoms with van der Waals surface area (Å²) < 4.78 is 18.7. The number of aliphatic hydroxyl groups is 2. The molecule has 1 saturated heterocycles. The highest BCUT2D eigenvalue weighted by Crippen LogP contribution is 2.36. The number of anilines is 1. The smallest absolute Gasteiger partial charge is 0.354 e. The molecule has 22 heavy (non-hydrogen) atoms. The highest BCUT2D eigenvalue weighted by molar-refractivity contribution is 5.26. The van der Waals surface area contributed by atoms with Crippen molar-refractivity contribution in [1.82, 2.24) is 14.5 Å². The van der Waals surface area contributed by atoms with Crippen LogP contribution in [0.2, 0.25) is 0 Å². The van der Waals surface area contributed by atoms with Gasteiger partial charge in [-0.2, -0.15) is 4.98 Å². The predicted molar refractivity (Wildman–Crippen MR) is 73.0 cm³/mol. The molecule has 10 heteroatoms. The van der Waals surface area contributed by atoms with Gasteiger partial charge in [0.2, 0.25) is 5.95 Å². The molecule has 1 aromatic rings. The Morgan fingerprint density at radius 1 is 1.68 bits per heavy atom. The van der Waals surface area contributed by atoms with E-state index in [0.29, 0.717) is 0 Å². The molecule has 0 aliphatic carbocycles. The molecule has 5 atom stereocenters. The molecule has 0 amide bonds. The summed E-state index contributed by atoms with van der Waals surface area (Å²) in [7, 11) is 0. The predicted octanol–water partition coefficient (Wildman–Crippen LogP) is -2.47. The van der Waals surface area contributed by atoms with E-state index in [1.807, 2.05) is 0 Å². The van der Waals surface area contributed by atoms with E-state index in [1.165, 1.54) is 6.92 Å². The number of alkyl halides is 1. The van der Waals surface area contributed by atoms with Crippen LogP contribution in [0.1, 0.15) is 13.2 Å². The highest BCUT2D eigenvalue weighted by Gasteiger charge is 2.56. The topological polar surface area (TPSA) is 150 Å². The average Bonchev–Trinajstić information content (AvgIpc) is 2.70. The summed E-state index contributed by atoms with van der Waals surface area (Å²) in [5.41, 5.74) is 8.68. The number of hydrogen-bond donors (Lipinski definition) is 4. The molecule has 6 N–H and O–H groups in total. The minimum Gasteiger partial charge on any atom is -0.391 e. The lowest BCUT2D eigenvalue weighted by Crippen LogP contribution is -2.55. The Bertz CT molecular complexity index is 669. The van der Waals surface area contributed by atoms with Crippen molar-refractivity contribution in [3.8, 4) is 11.8 Å². The Balaban J connectivity index is 2.53. The van der Waals surface area contributed by atoms with Gasteiger partial charge in [-0.05, 0) is 6.92 Å². The molecule has 0 radical (unpaired) electrons. The second-order valence-electron chi connectivity index (χ2n) is 4.91. The third kappa shape index (κ3) is 2.67. The van der Waals surface area contributed by atoms with Gasteiger partial charge in [0.15, 0.2) is 11.8 Å². The van der Waals surface area contributed by atoms with Crippen LogP contribution in [0.5, 0.6) is 0 Å². The zero-order valence-electron chi connectivity index (χ0n) is 11.7. The largest absolute Gasteiger partial charge is 0.391 e. The maximum atomic E-state index is 12.4. The molecule has 1 unspecified atom stereocenters. The minimum atomic E-state index is -1.82. The second kappa shape index (κ2) is 5.98. The van der Waals surface area contributed by atoms with Gasteiger partial charge in [0.25, 0.3) is 0 Å². The first-order valence-electron chi connectivity index (χ1n) is 6.38. The maximum Gasteiger partial charge on any atom is 0.354 e. The van der Waals surface area contributed by atoms with E-state index < -0.39 is 42.4 Å². The van der Waals surface area contributed by atoms with Crippen molar-refractivity contribution in [2.24, 2.45) is 5.73 Å². The van der Waals surface area contributed by atoms with Gasteiger partial charge < -0.3 is 26.4 Å². The lowest BCUT2D eigenvalue weighted by Gasteiger charge is -2.27. The molecule has 2 heterocycles. The third-order valence-corrected chi connectivity index (χ3v) is 3.34. The fraction of sp³-hybridized carbons (Fsp3) is 0.583. The highest BCUT2D eigenvalue weighted by atomic mass is 19.1. The molecule has 0 spiro atoms. The Morgan fingerprint density at radius 3 is 2.91 bits per heavy atom. The van der Waals surface area contributed by atoms with Gasteiger partial charge in [0.05, 0.1) is 6.10 Å². The van der Waals surface area contributed by atoms with Crippen molar-refractivity contribution in [3.05, 3.63) is 16.8 Å². The summed E-state index contributed by atoms with van der Waals surface area (Å²) in [5, 5.41) is 19.9. The molecule has 1 aliphatic heterocycles. The summed E-state index contributed by atoms with van der Waals surface area (Å²) in [4.78, 5) is 19.0. The number of rotatable bonds is 2. The van der Waals surface area contributed by atoms with Crippen LogP contribution in [0.15, 0.2) is 11.1 Å². The fourth-order valence-electron chi connectivity index (χ4n) is 2.27. The number of halogens is 1. The van der Waals surface area contributed by atoms with Gasteiger partial charge >= 0.3 is 5.69 Å². The van der Waals surface area contributed by atoms with Gasteiger partial charge in [0, 0.05) is 0 Å². The molecule has 2 rings (SSSR count). The second-order valence-corrected chi connectivity index (χ2v) is 4.91. The Morgan fingerprint density at radius 2 is 2.36 bits per heavy atom. The molecular weight excluding hydrogens is 297 g/mol. The van der Waals surface area contributed by atoms with Crippen LogP contribution in [0.25, 0.3) is 0 Å². The lowest BCUT2D eigenvalue weighted by atomic mass is 9.90. The van der Waals surface area contributed by atoms with E-state index in [2.05, 4.69) is 21.8 Å². The first-order valence-corrected chi connectivity index (χ1v) is 6.38. The maximum absolute atomic E-state index is 12.4.